The van der Waals surface area contributed by atoms with Crippen LogP contribution in [0.4, 0.5) is 16.2 Å². The molecule has 0 aliphatic rings. The van der Waals surface area contributed by atoms with E-state index >= 15 is 0 Å². The minimum Gasteiger partial charge on any atom is -0.382 e. The van der Waals surface area contributed by atoms with Crippen LogP contribution in [0.5, 0.6) is 0 Å². The van der Waals surface area contributed by atoms with Crippen molar-refractivity contribution in [3.05, 3.63) is 72.1 Å². The minimum absolute atomic E-state index is 0.265. The SMILES string of the molecule is Nc1nc(NCc2ccncc2)nc2c1ncn2Cc1ccc(F)cc1. The molecule has 3 aromatic heterocycles. The van der Waals surface area contributed by atoms with E-state index in [4.69, 9.17) is 5.73 Å². The Morgan fingerprint density at radius 1 is 1.00 bits per heavy atom. The molecule has 4 aromatic rings. The van der Waals surface area contributed by atoms with Crippen LogP contribution in [0.2, 0.25) is 0 Å². The fourth-order valence-electron chi connectivity index (χ4n) is 2.63. The molecule has 130 valence electrons. The molecule has 0 fully saturated rings. The maximum atomic E-state index is 13.1. The maximum absolute atomic E-state index is 13.1. The summed E-state index contributed by atoms with van der Waals surface area (Å²) in [4.78, 5) is 17.1. The Bertz CT molecular complexity index is 1030. The molecule has 0 aliphatic heterocycles. The average molecular weight is 349 g/mol. The first-order valence-corrected chi connectivity index (χ1v) is 8.04. The molecule has 1 aromatic carbocycles. The highest BCUT2D eigenvalue weighted by Gasteiger charge is 2.11. The van der Waals surface area contributed by atoms with Crippen LogP contribution < -0.4 is 11.1 Å². The molecule has 0 atom stereocenters. The highest BCUT2D eigenvalue weighted by atomic mass is 19.1. The van der Waals surface area contributed by atoms with E-state index in [1.165, 1.54) is 12.1 Å². The number of fused-ring (bicyclic) bond motifs is 1. The third-order valence-corrected chi connectivity index (χ3v) is 3.96. The summed E-state index contributed by atoms with van der Waals surface area (Å²) >= 11 is 0. The predicted octanol–water partition coefficient (Wildman–Crippen LogP) is 2.60. The number of anilines is 2. The third-order valence-electron chi connectivity index (χ3n) is 3.96. The van der Waals surface area contributed by atoms with Gasteiger partial charge in [0, 0.05) is 18.9 Å². The number of aromatic nitrogens is 5. The van der Waals surface area contributed by atoms with Crippen molar-refractivity contribution in [2.75, 3.05) is 11.1 Å². The smallest absolute Gasteiger partial charge is 0.227 e. The number of hydrogen-bond acceptors (Lipinski definition) is 6. The number of hydrogen-bond donors (Lipinski definition) is 2. The lowest BCUT2D eigenvalue weighted by atomic mass is 10.2. The van der Waals surface area contributed by atoms with Crippen molar-refractivity contribution in [2.45, 2.75) is 13.1 Å². The molecular weight excluding hydrogens is 333 g/mol. The quantitative estimate of drug-likeness (QED) is 0.575. The average Bonchev–Trinajstić information content (AvgIpc) is 3.06. The number of nitrogens with one attached hydrogen (secondary N) is 1. The van der Waals surface area contributed by atoms with Gasteiger partial charge in [-0.05, 0) is 35.4 Å². The Morgan fingerprint density at radius 2 is 1.77 bits per heavy atom. The minimum atomic E-state index is -0.265. The predicted molar refractivity (Wildman–Crippen MR) is 96.8 cm³/mol. The third kappa shape index (κ3) is 3.30. The van der Waals surface area contributed by atoms with Gasteiger partial charge in [-0.2, -0.15) is 9.97 Å². The van der Waals surface area contributed by atoms with E-state index in [0.29, 0.717) is 36.0 Å². The maximum Gasteiger partial charge on any atom is 0.227 e. The zero-order valence-corrected chi connectivity index (χ0v) is 13.8. The Morgan fingerprint density at radius 3 is 2.54 bits per heavy atom. The van der Waals surface area contributed by atoms with Crippen LogP contribution in [0.1, 0.15) is 11.1 Å². The second kappa shape index (κ2) is 6.75. The van der Waals surface area contributed by atoms with Crippen LogP contribution in [0, 0.1) is 5.82 Å². The highest BCUT2D eigenvalue weighted by Crippen LogP contribution is 2.19. The number of benzene rings is 1. The van der Waals surface area contributed by atoms with Gasteiger partial charge in [-0.3, -0.25) is 4.98 Å². The molecule has 0 saturated heterocycles. The van der Waals surface area contributed by atoms with E-state index in [2.05, 4.69) is 25.3 Å². The van der Waals surface area contributed by atoms with Crippen LogP contribution in [-0.2, 0) is 13.1 Å². The lowest BCUT2D eigenvalue weighted by molar-refractivity contribution is 0.626. The number of nitrogens with two attached hydrogens (primary N) is 1. The zero-order chi connectivity index (χ0) is 17.9. The van der Waals surface area contributed by atoms with E-state index in [0.717, 1.165) is 11.1 Å². The first-order valence-electron chi connectivity index (χ1n) is 8.04. The summed E-state index contributed by atoms with van der Waals surface area (Å²) in [5, 5.41) is 3.16. The standard InChI is InChI=1S/C18H16FN7/c19-14-3-1-13(2-4-14)10-26-11-23-15-16(20)24-18(25-17(15)26)22-9-12-5-7-21-8-6-12/h1-8,11H,9-10H2,(H3,20,22,24,25). The van der Waals surface area contributed by atoms with Gasteiger partial charge in [-0.1, -0.05) is 12.1 Å². The second-order valence-electron chi connectivity index (χ2n) is 5.81. The van der Waals surface area contributed by atoms with Crippen molar-refractivity contribution in [2.24, 2.45) is 0 Å². The number of nitrogen functional groups attached to an aromatic ring is 1. The molecule has 3 heterocycles. The molecule has 4 rings (SSSR count). The lowest BCUT2D eigenvalue weighted by Gasteiger charge is -2.08. The molecule has 0 bridgehead atoms. The molecule has 0 radical (unpaired) electrons. The van der Waals surface area contributed by atoms with Gasteiger partial charge in [-0.15, -0.1) is 0 Å². The van der Waals surface area contributed by atoms with Gasteiger partial charge in [-0.25, -0.2) is 9.37 Å². The Hall–Kier alpha value is -3.55. The lowest BCUT2D eigenvalue weighted by Crippen LogP contribution is -2.07. The molecule has 8 heteroatoms. The summed E-state index contributed by atoms with van der Waals surface area (Å²) in [6.07, 6.45) is 5.12. The van der Waals surface area contributed by atoms with E-state index < -0.39 is 0 Å². The summed E-state index contributed by atoms with van der Waals surface area (Å²) in [5.41, 5.74) is 9.19. The fraction of sp³-hybridized carbons (Fsp3) is 0.111. The molecular formula is C18H16FN7. The molecule has 26 heavy (non-hydrogen) atoms. The Labute approximate surface area is 148 Å². The second-order valence-corrected chi connectivity index (χ2v) is 5.81. The summed E-state index contributed by atoms with van der Waals surface area (Å²) in [5.74, 6) is 0.469. The van der Waals surface area contributed by atoms with Crippen LogP contribution in [0.3, 0.4) is 0 Å². The normalized spacial score (nSPS) is 11.0. The molecule has 0 spiro atoms. The number of imidazole rings is 1. The summed E-state index contributed by atoms with van der Waals surface area (Å²) in [7, 11) is 0. The summed E-state index contributed by atoms with van der Waals surface area (Å²) in [6.45, 7) is 1.07. The molecule has 7 nitrogen and oxygen atoms in total. The van der Waals surface area contributed by atoms with Gasteiger partial charge in [0.15, 0.2) is 11.5 Å². The van der Waals surface area contributed by atoms with E-state index in [9.17, 15) is 4.39 Å². The Balaban J connectivity index is 1.61. The molecule has 3 N–H and O–H groups in total. The molecule has 0 aliphatic carbocycles. The largest absolute Gasteiger partial charge is 0.382 e. The van der Waals surface area contributed by atoms with Crippen molar-refractivity contribution < 1.29 is 4.39 Å². The van der Waals surface area contributed by atoms with Crippen molar-refractivity contribution in [3.63, 3.8) is 0 Å². The van der Waals surface area contributed by atoms with Crippen molar-refractivity contribution in [3.8, 4) is 0 Å². The van der Waals surface area contributed by atoms with Crippen LogP contribution in [-0.4, -0.2) is 24.5 Å². The monoisotopic (exact) mass is 349 g/mol. The van der Waals surface area contributed by atoms with Crippen molar-refractivity contribution in [1.82, 2.24) is 24.5 Å². The summed E-state index contributed by atoms with van der Waals surface area (Å²) in [6, 6.07) is 10.1. The number of halogens is 1. The first kappa shape index (κ1) is 15.9. The number of pyridine rings is 1. The van der Waals surface area contributed by atoms with Gasteiger partial charge in [0.25, 0.3) is 0 Å². The first-order chi connectivity index (χ1) is 12.7. The molecule has 0 unspecified atom stereocenters. The van der Waals surface area contributed by atoms with Crippen LogP contribution in [0.25, 0.3) is 11.2 Å². The highest BCUT2D eigenvalue weighted by molar-refractivity contribution is 5.82. The van der Waals surface area contributed by atoms with Gasteiger partial charge in [0.2, 0.25) is 5.95 Å². The molecule has 0 saturated carbocycles. The zero-order valence-electron chi connectivity index (χ0n) is 13.8. The molecule has 0 amide bonds. The Kier molecular flexibility index (Phi) is 4.14. The van der Waals surface area contributed by atoms with Crippen LogP contribution >= 0.6 is 0 Å². The summed E-state index contributed by atoms with van der Waals surface area (Å²) < 4.78 is 14.9. The van der Waals surface area contributed by atoms with Crippen molar-refractivity contribution >= 4 is 22.9 Å². The fourth-order valence-corrected chi connectivity index (χ4v) is 2.63. The van der Waals surface area contributed by atoms with Gasteiger partial charge in [0.05, 0.1) is 12.9 Å². The number of nitrogens with zero attached hydrogens (tertiary/aromatic N) is 5. The van der Waals surface area contributed by atoms with Crippen molar-refractivity contribution in [1.29, 1.82) is 0 Å². The van der Waals surface area contributed by atoms with E-state index in [-0.39, 0.29) is 5.82 Å². The van der Waals surface area contributed by atoms with Gasteiger partial charge in [0.1, 0.15) is 11.3 Å². The van der Waals surface area contributed by atoms with Gasteiger partial charge < -0.3 is 15.6 Å². The topological polar surface area (TPSA) is 94.5 Å². The van der Waals surface area contributed by atoms with Gasteiger partial charge >= 0.3 is 0 Å². The van der Waals surface area contributed by atoms with E-state index in [1.807, 2.05) is 16.7 Å². The van der Waals surface area contributed by atoms with E-state index in [1.54, 1.807) is 30.9 Å². The number of rotatable bonds is 5. The van der Waals surface area contributed by atoms with Crippen LogP contribution in [0.15, 0.2) is 55.1 Å².